The molecule has 0 saturated heterocycles. The molecule has 0 unspecified atom stereocenters. The van der Waals surface area contributed by atoms with Crippen LogP contribution in [0.2, 0.25) is 0 Å². The summed E-state index contributed by atoms with van der Waals surface area (Å²) in [5, 5.41) is 3.24. The highest BCUT2D eigenvalue weighted by molar-refractivity contribution is 7.19. The normalized spacial score (nSPS) is 11.4. The number of hydrogen-bond acceptors (Lipinski definition) is 3. The van der Waals surface area contributed by atoms with Crippen LogP contribution in [0.3, 0.4) is 0 Å². The second kappa shape index (κ2) is 4.06. The first-order valence-corrected chi connectivity index (χ1v) is 6.44. The van der Waals surface area contributed by atoms with Gasteiger partial charge in [0, 0.05) is 11.9 Å². The average Bonchev–Trinajstić information content (AvgIpc) is 2.53. The molecule has 16 heavy (non-hydrogen) atoms. The van der Waals surface area contributed by atoms with Gasteiger partial charge in [0.05, 0.1) is 21.6 Å². The van der Waals surface area contributed by atoms with Crippen molar-refractivity contribution in [3.8, 4) is 0 Å². The Balaban J connectivity index is 2.75. The number of fused-ring (bicyclic) bond motifs is 1. The number of nitrogens with one attached hydrogen (secondary N) is 1. The van der Waals surface area contributed by atoms with E-state index in [9.17, 15) is 0 Å². The maximum atomic E-state index is 4.81. The molecule has 0 atom stereocenters. The second-order valence-corrected chi connectivity index (χ2v) is 5.71. The van der Waals surface area contributed by atoms with Crippen molar-refractivity contribution < 1.29 is 0 Å². The standard InChI is InChI=1S/C13H18N2S/c1-7(2)12-10(14-5)6-11-13(15-12)8(3)9(4)16-11/h6-7,14H,1-5H3. The summed E-state index contributed by atoms with van der Waals surface area (Å²) in [4.78, 5) is 6.18. The molecular weight excluding hydrogens is 216 g/mol. The van der Waals surface area contributed by atoms with Crippen LogP contribution in [0.25, 0.3) is 10.2 Å². The Labute approximate surface area is 101 Å². The first kappa shape index (κ1) is 11.4. The Morgan fingerprint density at radius 3 is 2.56 bits per heavy atom. The van der Waals surface area contributed by atoms with Gasteiger partial charge in [0.15, 0.2) is 0 Å². The molecule has 0 radical (unpaired) electrons. The van der Waals surface area contributed by atoms with Crippen LogP contribution in [0.5, 0.6) is 0 Å². The fourth-order valence-corrected chi connectivity index (χ4v) is 2.96. The second-order valence-electron chi connectivity index (χ2n) is 4.46. The predicted octanol–water partition coefficient (Wildman–Crippen LogP) is 4.08. The first-order valence-electron chi connectivity index (χ1n) is 5.63. The number of rotatable bonds is 2. The first-order chi connectivity index (χ1) is 7.54. The van der Waals surface area contributed by atoms with Gasteiger partial charge in [-0.3, -0.25) is 0 Å². The SMILES string of the molecule is CNc1cc2sc(C)c(C)c2nc1C(C)C. The van der Waals surface area contributed by atoms with Crippen molar-refractivity contribution in [3.05, 3.63) is 22.2 Å². The topological polar surface area (TPSA) is 24.9 Å². The molecule has 0 saturated carbocycles. The molecule has 0 spiro atoms. The summed E-state index contributed by atoms with van der Waals surface area (Å²) in [6.07, 6.45) is 0. The molecule has 0 fully saturated rings. The Morgan fingerprint density at radius 2 is 2.00 bits per heavy atom. The zero-order valence-corrected chi connectivity index (χ0v) is 11.3. The van der Waals surface area contributed by atoms with E-state index in [1.165, 1.54) is 20.7 Å². The number of anilines is 1. The molecule has 2 rings (SSSR count). The quantitative estimate of drug-likeness (QED) is 0.847. The van der Waals surface area contributed by atoms with E-state index in [4.69, 9.17) is 4.98 Å². The van der Waals surface area contributed by atoms with Gasteiger partial charge in [-0.15, -0.1) is 11.3 Å². The van der Waals surface area contributed by atoms with Crippen LogP contribution in [-0.4, -0.2) is 12.0 Å². The molecule has 2 heterocycles. The van der Waals surface area contributed by atoms with Crippen molar-refractivity contribution in [1.82, 2.24) is 4.98 Å². The number of aromatic nitrogens is 1. The van der Waals surface area contributed by atoms with Crippen LogP contribution < -0.4 is 5.32 Å². The lowest BCUT2D eigenvalue weighted by Crippen LogP contribution is -2.00. The Morgan fingerprint density at radius 1 is 1.31 bits per heavy atom. The third-order valence-electron chi connectivity index (χ3n) is 2.98. The molecule has 2 aromatic heterocycles. The third-order valence-corrected chi connectivity index (χ3v) is 4.12. The average molecular weight is 234 g/mol. The molecule has 2 nitrogen and oxygen atoms in total. The van der Waals surface area contributed by atoms with Crippen LogP contribution in [0.15, 0.2) is 6.07 Å². The Hall–Kier alpha value is -1.09. The van der Waals surface area contributed by atoms with Crippen LogP contribution in [-0.2, 0) is 0 Å². The molecule has 0 aliphatic heterocycles. The lowest BCUT2D eigenvalue weighted by Gasteiger charge is -2.11. The predicted molar refractivity (Wildman–Crippen MR) is 72.7 cm³/mol. The van der Waals surface area contributed by atoms with Crippen molar-refractivity contribution in [2.45, 2.75) is 33.6 Å². The number of aryl methyl sites for hydroxylation is 2. The van der Waals surface area contributed by atoms with E-state index in [1.54, 1.807) is 0 Å². The fraction of sp³-hybridized carbons (Fsp3) is 0.462. The van der Waals surface area contributed by atoms with Crippen molar-refractivity contribution in [2.24, 2.45) is 0 Å². The van der Waals surface area contributed by atoms with Gasteiger partial charge in [0.25, 0.3) is 0 Å². The molecule has 0 aliphatic carbocycles. The molecule has 0 amide bonds. The number of pyridine rings is 1. The molecule has 0 aromatic carbocycles. The summed E-state index contributed by atoms with van der Waals surface area (Å²) in [6, 6.07) is 2.22. The molecule has 1 N–H and O–H groups in total. The Bertz CT molecular complexity index is 526. The van der Waals surface area contributed by atoms with Gasteiger partial charge in [0.2, 0.25) is 0 Å². The highest BCUT2D eigenvalue weighted by atomic mass is 32.1. The lowest BCUT2D eigenvalue weighted by atomic mass is 10.1. The fourth-order valence-electron chi connectivity index (χ4n) is 1.90. The maximum Gasteiger partial charge on any atom is 0.0846 e. The highest BCUT2D eigenvalue weighted by Gasteiger charge is 2.13. The zero-order valence-electron chi connectivity index (χ0n) is 10.5. The zero-order chi connectivity index (χ0) is 11.9. The van der Waals surface area contributed by atoms with E-state index in [0.717, 1.165) is 11.4 Å². The van der Waals surface area contributed by atoms with E-state index < -0.39 is 0 Å². The van der Waals surface area contributed by atoms with Gasteiger partial charge >= 0.3 is 0 Å². The smallest absolute Gasteiger partial charge is 0.0846 e. The van der Waals surface area contributed by atoms with E-state index >= 15 is 0 Å². The minimum absolute atomic E-state index is 0.450. The summed E-state index contributed by atoms with van der Waals surface area (Å²) in [6.45, 7) is 8.69. The van der Waals surface area contributed by atoms with E-state index in [1.807, 2.05) is 18.4 Å². The molecular formula is C13H18N2S. The van der Waals surface area contributed by atoms with Gasteiger partial charge in [0.1, 0.15) is 0 Å². The Kier molecular flexibility index (Phi) is 2.89. The summed E-state index contributed by atoms with van der Waals surface area (Å²) < 4.78 is 1.28. The number of hydrogen-bond donors (Lipinski definition) is 1. The lowest BCUT2D eigenvalue weighted by molar-refractivity contribution is 0.832. The van der Waals surface area contributed by atoms with Gasteiger partial charge < -0.3 is 5.32 Å². The van der Waals surface area contributed by atoms with Crippen molar-refractivity contribution in [1.29, 1.82) is 0 Å². The van der Waals surface area contributed by atoms with Gasteiger partial charge in [-0.1, -0.05) is 13.8 Å². The van der Waals surface area contributed by atoms with Crippen LogP contribution in [0.4, 0.5) is 5.69 Å². The number of thiophene rings is 1. The summed E-state index contributed by atoms with van der Waals surface area (Å²) in [7, 11) is 1.96. The largest absolute Gasteiger partial charge is 0.387 e. The third kappa shape index (κ3) is 1.69. The molecule has 3 heteroatoms. The summed E-state index contributed by atoms with van der Waals surface area (Å²) >= 11 is 1.83. The van der Waals surface area contributed by atoms with Gasteiger partial charge in [-0.05, 0) is 31.4 Å². The number of nitrogens with zero attached hydrogens (tertiary/aromatic N) is 1. The molecule has 0 aliphatic rings. The van der Waals surface area contributed by atoms with Crippen LogP contribution in [0.1, 0.15) is 35.9 Å². The maximum absolute atomic E-state index is 4.81. The summed E-state index contributed by atoms with van der Waals surface area (Å²) in [5.41, 5.74) is 4.81. The van der Waals surface area contributed by atoms with Gasteiger partial charge in [-0.2, -0.15) is 0 Å². The van der Waals surface area contributed by atoms with Crippen LogP contribution in [0, 0.1) is 13.8 Å². The van der Waals surface area contributed by atoms with Gasteiger partial charge in [-0.25, -0.2) is 4.98 Å². The van der Waals surface area contributed by atoms with Crippen molar-refractivity contribution in [2.75, 3.05) is 12.4 Å². The van der Waals surface area contributed by atoms with Crippen LogP contribution >= 0.6 is 11.3 Å². The minimum atomic E-state index is 0.450. The van der Waals surface area contributed by atoms with Crippen molar-refractivity contribution >= 4 is 27.2 Å². The molecule has 86 valence electrons. The highest BCUT2D eigenvalue weighted by Crippen LogP contribution is 2.33. The molecule has 2 aromatic rings. The van der Waals surface area contributed by atoms with Crippen molar-refractivity contribution in [3.63, 3.8) is 0 Å². The van der Waals surface area contributed by atoms with E-state index in [-0.39, 0.29) is 0 Å². The molecule has 0 bridgehead atoms. The van der Waals surface area contributed by atoms with E-state index in [0.29, 0.717) is 5.92 Å². The summed E-state index contributed by atoms with van der Waals surface area (Å²) in [5.74, 6) is 0.450. The minimum Gasteiger partial charge on any atom is -0.387 e. The monoisotopic (exact) mass is 234 g/mol. The van der Waals surface area contributed by atoms with E-state index in [2.05, 4.69) is 39.1 Å².